The van der Waals surface area contributed by atoms with Crippen LogP contribution in [0.15, 0.2) is 40.3 Å². The number of thioether (sulfide) groups is 1. The molecule has 28 heavy (non-hydrogen) atoms. The molecule has 0 aliphatic rings. The molecule has 0 spiro atoms. The zero-order valence-electron chi connectivity index (χ0n) is 16.1. The number of carbonyl (C=O) groups excluding carboxylic acids is 1. The van der Waals surface area contributed by atoms with Gasteiger partial charge >= 0.3 is 0 Å². The van der Waals surface area contributed by atoms with Crippen LogP contribution in [0.25, 0.3) is 11.0 Å². The Bertz CT molecular complexity index is 1040. The molecule has 1 amide bonds. The Balaban J connectivity index is 1.72. The van der Waals surface area contributed by atoms with E-state index in [1.807, 2.05) is 39.0 Å². The van der Waals surface area contributed by atoms with E-state index in [1.54, 1.807) is 16.7 Å². The molecule has 3 rings (SSSR count). The first-order valence-electron chi connectivity index (χ1n) is 9.07. The summed E-state index contributed by atoms with van der Waals surface area (Å²) in [5.74, 6) is 0.356. The average molecular weight is 419 g/mol. The Hall–Kier alpha value is -2.25. The first-order valence-corrected chi connectivity index (χ1v) is 10.4. The van der Waals surface area contributed by atoms with Crippen LogP contribution in [0.1, 0.15) is 25.1 Å². The summed E-state index contributed by atoms with van der Waals surface area (Å²) in [4.78, 5) is 32.8. The van der Waals surface area contributed by atoms with Crippen LogP contribution in [0.4, 0.5) is 0 Å². The SMILES string of the molecule is Cc1cc2nc(SCC(=O)NCc3ccc(Cl)cc3)n(CC(C)C)c(=O)c2[nH]1. The monoisotopic (exact) mass is 418 g/mol. The summed E-state index contributed by atoms with van der Waals surface area (Å²) in [5.41, 5.74) is 2.90. The Morgan fingerprint density at radius 1 is 1.32 bits per heavy atom. The number of carbonyl (C=O) groups is 1. The van der Waals surface area contributed by atoms with Crippen LogP contribution in [0.2, 0.25) is 5.02 Å². The number of aromatic amines is 1. The van der Waals surface area contributed by atoms with Crippen molar-refractivity contribution in [2.75, 3.05) is 5.75 Å². The molecule has 0 fully saturated rings. The maximum Gasteiger partial charge on any atom is 0.278 e. The van der Waals surface area contributed by atoms with Gasteiger partial charge in [-0.1, -0.05) is 49.3 Å². The molecule has 1 aromatic carbocycles. The zero-order chi connectivity index (χ0) is 20.3. The van der Waals surface area contributed by atoms with Crippen LogP contribution in [0.5, 0.6) is 0 Å². The van der Waals surface area contributed by atoms with E-state index in [0.717, 1.165) is 11.3 Å². The van der Waals surface area contributed by atoms with Crippen molar-refractivity contribution in [1.82, 2.24) is 19.9 Å². The highest BCUT2D eigenvalue weighted by Crippen LogP contribution is 2.19. The summed E-state index contributed by atoms with van der Waals surface area (Å²) in [6, 6.07) is 9.18. The second kappa shape index (κ2) is 8.84. The molecule has 6 nitrogen and oxygen atoms in total. The van der Waals surface area contributed by atoms with Crippen LogP contribution in [0, 0.1) is 12.8 Å². The van der Waals surface area contributed by atoms with E-state index in [1.165, 1.54) is 11.8 Å². The molecular formula is C20H23ClN4O2S. The number of hydrogen-bond donors (Lipinski definition) is 2. The van der Waals surface area contributed by atoms with Crippen molar-refractivity contribution < 1.29 is 4.79 Å². The molecule has 8 heteroatoms. The lowest BCUT2D eigenvalue weighted by atomic mass is 10.2. The maximum absolute atomic E-state index is 12.8. The summed E-state index contributed by atoms with van der Waals surface area (Å²) in [6.45, 7) is 6.96. The lowest BCUT2D eigenvalue weighted by Crippen LogP contribution is -2.27. The van der Waals surface area contributed by atoms with Crippen LogP contribution >= 0.6 is 23.4 Å². The van der Waals surface area contributed by atoms with Crippen molar-refractivity contribution >= 4 is 40.3 Å². The second-order valence-corrected chi connectivity index (χ2v) is 8.49. The van der Waals surface area contributed by atoms with Gasteiger partial charge in [0, 0.05) is 23.8 Å². The highest BCUT2D eigenvalue weighted by Gasteiger charge is 2.15. The van der Waals surface area contributed by atoms with Gasteiger partial charge in [0.05, 0.1) is 11.3 Å². The Morgan fingerprint density at radius 2 is 2.04 bits per heavy atom. The molecule has 0 unspecified atom stereocenters. The van der Waals surface area contributed by atoms with E-state index < -0.39 is 0 Å². The number of rotatable bonds is 7. The average Bonchev–Trinajstić information content (AvgIpc) is 3.02. The fourth-order valence-corrected chi connectivity index (χ4v) is 3.80. The van der Waals surface area contributed by atoms with Gasteiger partial charge in [0.25, 0.3) is 5.56 Å². The van der Waals surface area contributed by atoms with Gasteiger partial charge < -0.3 is 10.3 Å². The van der Waals surface area contributed by atoms with Crippen LogP contribution < -0.4 is 10.9 Å². The molecule has 0 radical (unpaired) electrons. The number of nitrogens with one attached hydrogen (secondary N) is 2. The highest BCUT2D eigenvalue weighted by atomic mass is 35.5. The quantitative estimate of drug-likeness (QED) is 0.452. The molecule has 0 aliphatic carbocycles. The van der Waals surface area contributed by atoms with E-state index in [4.69, 9.17) is 11.6 Å². The first-order chi connectivity index (χ1) is 13.3. The van der Waals surface area contributed by atoms with E-state index in [-0.39, 0.29) is 23.1 Å². The Morgan fingerprint density at radius 3 is 2.71 bits per heavy atom. The van der Waals surface area contributed by atoms with E-state index >= 15 is 0 Å². The number of nitrogens with zero attached hydrogens (tertiary/aromatic N) is 2. The summed E-state index contributed by atoms with van der Waals surface area (Å²) in [7, 11) is 0. The third-order valence-corrected chi connectivity index (χ3v) is 5.35. The van der Waals surface area contributed by atoms with Gasteiger partial charge in [-0.05, 0) is 36.6 Å². The predicted octanol–water partition coefficient (Wildman–Crippen LogP) is 3.75. The van der Waals surface area contributed by atoms with Crippen molar-refractivity contribution in [2.45, 2.75) is 39.0 Å². The molecule has 0 saturated heterocycles. The Kier molecular flexibility index (Phi) is 6.46. The van der Waals surface area contributed by atoms with Crippen LogP contribution in [-0.4, -0.2) is 26.2 Å². The minimum Gasteiger partial charge on any atom is -0.353 e. The summed E-state index contributed by atoms with van der Waals surface area (Å²) in [5, 5.41) is 4.10. The smallest absolute Gasteiger partial charge is 0.278 e. The molecule has 0 atom stereocenters. The minimum atomic E-state index is -0.115. The van der Waals surface area contributed by atoms with Gasteiger partial charge in [0.2, 0.25) is 5.91 Å². The standard InChI is InChI=1S/C20H23ClN4O2S/c1-12(2)10-25-19(27)18-16(8-13(3)23-18)24-20(25)28-11-17(26)22-9-14-4-6-15(21)7-5-14/h4-8,12,23H,9-11H2,1-3H3,(H,22,26). The van der Waals surface area contributed by atoms with E-state index in [0.29, 0.717) is 34.3 Å². The number of benzene rings is 1. The predicted molar refractivity (Wildman–Crippen MR) is 114 cm³/mol. The van der Waals surface area contributed by atoms with Gasteiger partial charge in [0.1, 0.15) is 5.52 Å². The van der Waals surface area contributed by atoms with Gasteiger partial charge in [0.15, 0.2) is 5.16 Å². The highest BCUT2D eigenvalue weighted by molar-refractivity contribution is 7.99. The summed E-state index contributed by atoms with van der Waals surface area (Å²) in [6.07, 6.45) is 0. The number of fused-ring (bicyclic) bond motifs is 1. The van der Waals surface area contributed by atoms with Crippen molar-refractivity contribution in [2.24, 2.45) is 5.92 Å². The fourth-order valence-electron chi connectivity index (χ4n) is 2.83. The normalized spacial score (nSPS) is 11.3. The van der Waals surface area contributed by atoms with Crippen molar-refractivity contribution in [3.8, 4) is 0 Å². The summed E-state index contributed by atoms with van der Waals surface area (Å²) < 4.78 is 1.65. The number of hydrogen-bond acceptors (Lipinski definition) is 4. The fraction of sp³-hybridized carbons (Fsp3) is 0.350. The number of aryl methyl sites for hydroxylation is 1. The number of amides is 1. The second-order valence-electron chi connectivity index (χ2n) is 7.11. The molecule has 0 saturated carbocycles. The molecule has 0 aliphatic heterocycles. The largest absolute Gasteiger partial charge is 0.353 e. The minimum absolute atomic E-state index is 0.101. The third-order valence-electron chi connectivity index (χ3n) is 4.12. The van der Waals surface area contributed by atoms with Crippen molar-refractivity contribution in [3.63, 3.8) is 0 Å². The molecule has 2 N–H and O–H groups in total. The van der Waals surface area contributed by atoms with Gasteiger partial charge in [-0.25, -0.2) is 4.98 Å². The molecule has 2 heterocycles. The molecule has 3 aromatic rings. The lowest BCUT2D eigenvalue weighted by molar-refractivity contribution is -0.118. The first kappa shape index (κ1) is 20.5. The molecular weight excluding hydrogens is 396 g/mol. The third kappa shape index (κ3) is 4.97. The van der Waals surface area contributed by atoms with E-state index in [9.17, 15) is 9.59 Å². The molecule has 148 valence electrons. The van der Waals surface area contributed by atoms with Gasteiger partial charge in [-0.2, -0.15) is 0 Å². The molecule has 2 aromatic heterocycles. The van der Waals surface area contributed by atoms with Gasteiger partial charge in [-0.3, -0.25) is 14.2 Å². The van der Waals surface area contributed by atoms with Crippen molar-refractivity contribution in [1.29, 1.82) is 0 Å². The summed E-state index contributed by atoms with van der Waals surface area (Å²) >= 11 is 7.15. The Labute approximate surface area is 172 Å². The maximum atomic E-state index is 12.8. The van der Waals surface area contributed by atoms with E-state index in [2.05, 4.69) is 15.3 Å². The topological polar surface area (TPSA) is 79.8 Å². The lowest BCUT2D eigenvalue weighted by Gasteiger charge is -2.14. The van der Waals surface area contributed by atoms with Crippen LogP contribution in [0.3, 0.4) is 0 Å². The van der Waals surface area contributed by atoms with Gasteiger partial charge in [-0.15, -0.1) is 0 Å². The number of halogens is 1. The zero-order valence-corrected chi connectivity index (χ0v) is 17.7. The van der Waals surface area contributed by atoms with Crippen LogP contribution in [-0.2, 0) is 17.9 Å². The molecule has 0 bridgehead atoms. The number of H-pyrrole nitrogens is 1. The number of aromatic nitrogens is 3. The van der Waals surface area contributed by atoms with Crippen molar-refractivity contribution in [3.05, 3.63) is 57.0 Å².